The van der Waals surface area contributed by atoms with Gasteiger partial charge in [0.1, 0.15) is 5.75 Å². The molecule has 3 heteroatoms. The molecule has 0 amide bonds. The highest BCUT2D eigenvalue weighted by Gasteiger charge is 2.14. The Labute approximate surface area is 131 Å². The third-order valence-electron chi connectivity index (χ3n) is 3.67. The van der Waals surface area contributed by atoms with Gasteiger partial charge in [-0.15, -0.1) is 0 Å². The van der Waals surface area contributed by atoms with Crippen molar-refractivity contribution in [3.8, 4) is 16.9 Å². The van der Waals surface area contributed by atoms with E-state index in [2.05, 4.69) is 13.0 Å². The van der Waals surface area contributed by atoms with Crippen molar-refractivity contribution < 1.29 is 14.6 Å². The van der Waals surface area contributed by atoms with E-state index in [1.165, 1.54) is 19.3 Å². The van der Waals surface area contributed by atoms with Gasteiger partial charge in [0.25, 0.3) is 0 Å². The van der Waals surface area contributed by atoms with Crippen LogP contribution in [0.3, 0.4) is 0 Å². The van der Waals surface area contributed by atoms with E-state index in [1.807, 2.05) is 36.4 Å². The first-order chi connectivity index (χ1) is 10.7. The van der Waals surface area contributed by atoms with Gasteiger partial charge in [0.2, 0.25) is 0 Å². The Kier molecular flexibility index (Phi) is 6.01. The summed E-state index contributed by atoms with van der Waals surface area (Å²) in [5.74, 6) is 0.409. The maximum atomic E-state index is 10.9. The van der Waals surface area contributed by atoms with Gasteiger partial charge in [-0.25, -0.2) is 4.79 Å². The van der Waals surface area contributed by atoms with E-state index in [9.17, 15) is 4.79 Å². The Balaban J connectivity index is 2.33. The van der Waals surface area contributed by atoms with Crippen molar-refractivity contribution in [3.05, 3.63) is 54.1 Å². The zero-order valence-corrected chi connectivity index (χ0v) is 12.9. The largest absolute Gasteiger partial charge is 0.511 e. The number of aryl methyl sites for hydroxylation is 1. The first-order valence-electron chi connectivity index (χ1n) is 7.80. The molecule has 0 spiro atoms. The second kappa shape index (κ2) is 8.23. The zero-order valence-electron chi connectivity index (χ0n) is 12.9. The number of benzene rings is 2. The first kappa shape index (κ1) is 16.1. The molecule has 0 aliphatic heterocycles. The van der Waals surface area contributed by atoms with E-state index in [1.54, 1.807) is 6.07 Å². The summed E-state index contributed by atoms with van der Waals surface area (Å²) in [6.07, 6.45) is 4.37. The quantitative estimate of drug-likeness (QED) is 0.415. The van der Waals surface area contributed by atoms with Gasteiger partial charge in [0.05, 0.1) is 0 Å². The van der Waals surface area contributed by atoms with Gasteiger partial charge in [-0.3, -0.25) is 0 Å². The van der Waals surface area contributed by atoms with Gasteiger partial charge >= 0.3 is 6.16 Å². The van der Waals surface area contributed by atoms with E-state index in [-0.39, 0.29) is 0 Å². The molecule has 0 saturated carbocycles. The van der Waals surface area contributed by atoms with E-state index in [0.29, 0.717) is 5.75 Å². The van der Waals surface area contributed by atoms with Gasteiger partial charge in [-0.05, 0) is 30.0 Å². The minimum Gasteiger partial charge on any atom is -0.449 e. The summed E-state index contributed by atoms with van der Waals surface area (Å²) >= 11 is 0. The molecule has 0 fully saturated rings. The predicted molar refractivity (Wildman–Crippen MR) is 88.4 cm³/mol. The second-order valence-electron chi connectivity index (χ2n) is 5.33. The van der Waals surface area contributed by atoms with Gasteiger partial charge in [0, 0.05) is 5.56 Å². The van der Waals surface area contributed by atoms with Crippen LogP contribution < -0.4 is 4.74 Å². The van der Waals surface area contributed by atoms with Crippen molar-refractivity contribution in [2.24, 2.45) is 0 Å². The molecule has 3 nitrogen and oxygen atoms in total. The molecule has 0 atom stereocenters. The molecule has 0 aliphatic carbocycles. The lowest BCUT2D eigenvalue weighted by molar-refractivity contribution is 0.144. The smallest absolute Gasteiger partial charge is 0.449 e. The third kappa shape index (κ3) is 4.35. The number of hydrogen-bond donors (Lipinski definition) is 1. The topological polar surface area (TPSA) is 46.5 Å². The molecule has 0 radical (unpaired) electrons. The average Bonchev–Trinajstić information content (AvgIpc) is 2.52. The fraction of sp³-hybridized carbons (Fsp3) is 0.316. The lowest BCUT2D eigenvalue weighted by Crippen LogP contribution is -2.05. The third-order valence-corrected chi connectivity index (χ3v) is 3.67. The van der Waals surface area contributed by atoms with Gasteiger partial charge in [-0.1, -0.05) is 68.7 Å². The minimum absolute atomic E-state index is 0.409. The zero-order chi connectivity index (χ0) is 15.8. The summed E-state index contributed by atoms with van der Waals surface area (Å²) in [6.45, 7) is 2.19. The molecule has 0 unspecified atom stereocenters. The molecule has 2 rings (SSSR count). The molecule has 22 heavy (non-hydrogen) atoms. The summed E-state index contributed by atoms with van der Waals surface area (Å²) in [4.78, 5) is 10.9. The van der Waals surface area contributed by atoms with Gasteiger partial charge in [0.15, 0.2) is 0 Å². The molecular formula is C19H22O3. The number of carbonyl (C=O) groups is 1. The Morgan fingerprint density at radius 3 is 2.45 bits per heavy atom. The highest BCUT2D eigenvalue weighted by atomic mass is 16.7. The minimum atomic E-state index is -1.28. The highest BCUT2D eigenvalue weighted by Crippen LogP contribution is 2.34. The lowest BCUT2D eigenvalue weighted by Gasteiger charge is -2.14. The number of unbranched alkanes of at least 4 members (excludes halogenated alkanes) is 3. The predicted octanol–water partition coefficient (Wildman–Crippen LogP) is 5.53. The van der Waals surface area contributed by atoms with E-state index in [4.69, 9.17) is 9.84 Å². The van der Waals surface area contributed by atoms with Crippen molar-refractivity contribution in [1.82, 2.24) is 0 Å². The summed E-state index contributed by atoms with van der Waals surface area (Å²) < 4.78 is 4.98. The molecule has 0 aliphatic rings. The van der Waals surface area contributed by atoms with Crippen LogP contribution in [0.2, 0.25) is 0 Å². The number of hydrogen-bond acceptors (Lipinski definition) is 2. The number of carboxylic acid groups (broad SMARTS) is 1. The van der Waals surface area contributed by atoms with Crippen LogP contribution in [0, 0.1) is 0 Å². The van der Waals surface area contributed by atoms with Crippen LogP contribution >= 0.6 is 0 Å². The monoisotopic (exact) mass is 298 g/mol. The molecular weight excluding hydrogens is 276 g/mol. The maximum absolute atomic E-state index is 10.9. The molecule has 116 valence electrons. The Bertz CT molecular complexity index is 605. The van der Waals surface area contributed by atoms with Crippen molar-refractivity contribution in [2.75, 3.05) is 0 Å². The molecule has 0 heterocycles. The average molecular weight is 298 g/mol. The first-order valence-corrected chi connectivity index (χ1v) is 7.80. The van der Waals surface area contributed by atoms with Gasteiger partial charge in [-0.2, -0.15) is 0 Å². The molecule has 0 saturated heterocycles. The Morgan fingerprint density at radius 2 is 1.77 bits per heavy atom. The molecule has 2 aromatic rings. The van der Waals surface area contributed by atoms with Crippen LogP contribution in [0.4, 0.5) is 4.79 Å². The van der Waals surface area contributed by atoms with Crippen molar-refractivity contribution >= 4 is 6.16 Å². The number of ether oxygens (including phenoxy) is 1. The number of rotatable bonds is 7. The standard InChI is InChI=1S/C19H22O3/c1-2-3-4-6-10-16-13-9-14-17(22-19(20)21)18(16)15-11-7-5-8-12-15/h5,7-9,11-14H,2-4,6,10H2,1H3,(H,20,21). The van der Waals surface area contributed by atoms with E-state index < -0.39 is 6.16 Å². The normalized spacial score (nSPS) is 10.4. The van der Waals surface area contributed by atoms with E-state index >= 15 is 0 Å². The van der Waals surface area contributed by atoms with Crippen molar-refractivity contribution in [3.63, 3.8) is 0 Å². The van der Waals surface area contributed by atoms with Crippen LogP contribution in [-0.2, 0) is 6.42 Å². The van der Waals surface area contributed by atoms with Crippen LogP contribution in [0.5, 0.6) is 5.75 Å². The van der Waals surface area contributed by atoms with Gasteiger partial charge < -0.3 is 9.84 Å². The van der Waals surface area contributed by atoms with Crippen LogP contribution in [0.15, 0.2) is 48.5 Å². The summed E-state index contributed by atoms with van der Waals surface area (Å²) in [5.41, 5.74) is 3.02. The summed E-state index contributed by atoms with van der Waals surface area (Å²) in [6, 6.07) is 15.5. The van der Waals surface area contributed by atoms with Crippen LogP contribution in [0.1, 0.15) is 38.2 Å². The SMILES string of the molecule is CCCCCCc1cccc(OC(=O)O)c1-c1ccccc1. The van der Waals surface area contributed by atoms with Crippen LogP contribution in [-0.4, -0.2) is 11.3 Å². The molecule has 0 bridgehead atoms. The summed E-state index contributed by atoms with van der Waals surface area (Å²) in [5, 5.41) is 8.95. The van der Waals surface area contributed by atoms with Crippen molar-refractivity contribution in [2.45, 2.75) is 39.0 Å². The van der Waals surface area contributed by atoms with Crippen molar-refractivity contribution in [1.29, 1.82) is 0 Å². The highest BCUT2D eigenvalue weighted by molar-refractivity contribution is 5.77. The summed E-state index contributed by atoms with van der Waals surface area (Å²) in [7, 11) is 0. The fourth-order valence-electron chi connectivity index (χ4n) is 2.64. The van der Waals surface area contributed by atoms with Crippen LogP contribution in [0.25, 0.3) is 11.1 Å². The molecule has 2 aromatic carbocycles. The second-order valence-corrected chi connectivity index (χ2v) is 5.33. The molecule has 1 N–H and O–H groups in total. The fourth-order valence-corrected chi connectivity index (χ4v) is 2.64. The van der Waals surface area contributed by atoms with E-state index in [0.717, 1.165) is 29.5 Å². The lowest BCUT2D eigenvalue weighted by atomic mass is 9.95. The maximum Gasteiger partial charge on any atom is 0.511 e. The molecule has 0 aromatic heterocycles. The Hall–Kier alpha value is -2.29. The Morgan fingerprint density at radius 1 is 1.00 bits per heavy atom.